The smallest absolute Gasteiger partial charge is 0.237 e. The van der Waals surface area contributed by atoms with Crippen molar-refractivity contribution < 1.29 is 14.6 Å². The van der Waals surface area contributed by atoms with E-state index in [2.05, 4.69) is 21.2 Å². The fourth-order valence-corrected chi connectivity index (χ4v) is 2.70. The number of amides is 1. The van der Waals surface area contributed by atoms with Crippen molar-refractivity contribution in [1.29, 1.82) is 0 Å². The van der Waals surface area contributed by atoms with E-state index < -0.39 is 6.10 Å². The SMILES string of the molecule is CC1C(=O)NCCCN1CC(O)COc1cccc(Br)c1. The first kappa shape index (κ1) is 16.3. The molecule has 1 aliphatic rings. The van der Waals surface area contributed by atoms with Gasteiger partial charge in [-0.3, -0.25) is 9.69 Å². The topological polar surface area (TPSA) is 61.8 Å². The average molecular weight is 357 g/mol. The molecule has 1 saturated heterocycles. The molecule has 1 fully saturated rings. The summed E-state index contributed by atoms with van der Waals surface area (Å²) in [6, 6.07) is 7.29. The normalized spacial score (nSPS) is 21.5. The molecule has 0 aliphatic carbocycles. The van der Waals surface area contributed by atoms with Crippen molar-refractivity contribution in [1.82, 2.24) is 10.2 Å². The van der Waals surface area contributed by atoms with Gasteiger partial charge in [0.15, 0.2) is 0 Å². The Kier molecular flexibility index (Phi) is 6.02. The number of nitrogens with zero attached hydrogens (tertiary/aromatic N) is 1. The molecule has 2 atom stereocenters. The van der Waals surface area contributed by atoms with Crippen LogP contribution in [0, 0.1) is 0 Å². The summed E-state index contributed by atoms with van der Waals surface area (Å²) in [4.78, 5) is 13.7. The molecule has 1 aromatic carbocycles. The number of carbonyl (C=O) groups is 1. The highest BCUT2D eigenvalue weighted by Crippen LogP contribution is 2.18. The number of halogens is 1. The van der Waals surface area contributed by atoms with E-state index in [1.165, 1.54) is 0 Å². The highest BCUT2D eigenvalue weighted by atomic mass is 79.9. The average Bonchev–Trinajstić information content (AvgIpc) is 2.61. The molecule has 2 rings (SSSR count). The zero-order chi connectivity index (χ0) is 15.2. The summed E-state index contributed by atoms with van der Waals surface area (Å²) in [6.45, 7) is 4.00. The molecule has 1 heterocycles. The van der Waals surface area contributed by atoms with E-state index in [0.29, 0.717) is 18.8 Å². The molecule has 0 saturated carbocycles. The number of β-amino-alcohol motifs (C(OH)–C–C–N with tert-alkyl or cyclic N) is 1. The van der Waals surface area contributed by atoms with Gasteiger partial charge in [-0.15, -0.1) is 0 Å². The minimum absolute atomic E-state index is 0.0209. The lowest BCUT2D eigenvalue weighted by Gasteiger charge is -2.27. The van der Waals surface area contributed by atoms with Crippen LogP contribution >= 0.6 is 15.9 Å². The van der Waals surface area contributed by atoms with Gasteiger partial charge in [-0.25, -0.2) is 0 Å². The lowest BCUT2D eigenvalue weighted by Crippen LogP contribution is -2.46. The van der Waals surface area contributed by atoms with Gasteiger partial charge in [0.2, 0.25) is 5.91 Å². The van der Waals surface area contributed by atoms with Gasteiger partial charge < -0.3 is 15.2 Å². The maximum Gasteiger partial charge on any atom is 0.237 e. The second-order valence-corrected chi connectivity index (χ2v) is 6.15. The number of aliphatic hydroxyl groups is 1. The molecule has 6 heteroatoms. The molecule has 0 radical (unpaired) electrons. The predicted molar refractivity (Wildman–Crippen MR) is 84.3 cm³/mol. The first-order chi connectivity index (χ1) is 10.1. The summed E-state index contributed by atoms with van der Waals surface area (Å²) in [7, 11) is 0. The Morgan fingerprint density at radius 3 is 3.14 bits per heavy atom. The van der Waals surface area contributed by atoms with Crippen molar-refractivity contribution in [2.45, 2.75) is 25.5 Å². The van der Waals surface area contributed by atoms with Crippen LogP contribution in [0.15, 0.2) is 28.7 Å². The van der Waals surface area contributed by atoms with Crippen LogP contribution in [0.25, 0.3) is 0 Å². The first-order valence-electron chi connectivity index (χ1n) is 7.14. The molecule has 0 aromatic heterocycles. The van der Waals surface area contributed by atoms with Crippen molar-refractivity contribution in [3.8, 4) is 5.75 Å². The highest BCUT2D eigenvalue weighted by molar-refractivity contribution is 9.10. The van der Waals surface area contributed by atoms with Gasteiger partial charge in [0, 0.05) is 24.1 Å². The molecule has 21 heavy (non-hydrogen) atoms. The van der Waals surface area contributed by atoms with Gasteiger partial charge in [0.1, 0.15) is 18.5 Å². The molecule has 1 amide bonds. The Bertz CT molecular complexity index is 484. The van der Waals surface area contributed by atoms with Crippen LogP contribution in [0.1, 0.15) is 13.3 Å². The standard InChI is InChI=1S/C15H21BrN2O3/c1-11-15(20)17-6-3-7-18(11)9-13(19)10-21-14-5-2-4-12(16)8-14/h2,4-5,8,11,13,19H,3,6-7,9-10H2,1H3,(H,17,20). The number of hydrogen-bond acceptors (Lipinski definition) is 4. The summed E-state index contributed by atoms with van der Waals surface area (Å²) in [5, 5.41) is 13.0. The van der Waals surface area contributed by atoms with Crippen molar-refractivity contribution in [2.75, 3.05) is 26.2 Å². The first-order valence-corrected chi connectivity index (χ1v) is 7.94. The Labute approximate surface area is 133 Å². The van der Waals surface area contributed by atoms with E-state index in [1.807, 2.05) is 36.1 Å². The molecular weight excluding hydrogens is 336 g/mol. The third-order valence-electron chi connectivity index (χ3n) is 3.53. The van der Waals surface area contributed by atoms with Crippen LogP contribution < -0.4 is 10.1 Å². The van der Waals surface area contributed by atoms with Gasteiger partial charge in [0.05, 0.1) is 6.04 Å². The van der Waals surface area contributed by atoms with Gasteiger partial charge >= 0.3 is 0 Å². The molecule has 0 spiro atoms. The van der Waals surface area contributed by atoms with Gasteiger partial charge in [-0.2, -0.15) is 0 Å². The molecule has 2 unspecified atom stereocenters. The van der Waals surface area contributed by atoms with Crippen LogP contribution in [0.5, 0.6) is 5.75 Å². The van der Waals surface area contributed by atoms with Gasteiger partial charge in [-0.05, 0) is 31.5 Å². The number of hydrogen-bond donors (Lipinski definition) is 2. The van der Waals surface area contributed by atoms with E-state index in [1.54, 1.807) is 0 Å². The summed E-state index contributed by atoms with van der Waals surface area (Å²) in [5.74, 6) is 0.734. The maximum atomic E-state index is 11.8. The molecule has 1 aromatic rings. The van der Waals surface area contributed by atoms with E-state index >= 15 is 0 Å². The second-order valence-electron chi connectivity index (χ2n) is 5.24. The van der Waals surface area contributed by atoms with Crippen molar-refractivity contribution in [2.24, 2.45) is 0 Å². The van der Waals surface area contributed by atoms with Crippen molar-refractivity contribution >= 4 is 21.8 Å². The second kappa shape index (κ2) is 7.77. The number of rotatable bonds is 5. The lowest BCUT2D eigenvalue weighted by atomic mass is 10.2. The number of benzene rings is 1. The molecule has 2 N–H and O–H groups in total. The molecule has 1 aliphatic heterocycles. The Morgan fingerprint density at radius 1 is 1.57 bits per heavy atom. The fourth-order valence-electron chi connectivity index (χ4n) is 2.32. The van der Waals surface area contributed by atoms with Crippen molar-refractivity contribution in [3.05, 3.63) is 28.7 Å². The van der Waals surface area contributed by atoms with Gasteiger partial charge in [-0.1, -0.05) is 22.0 Å². The number of aliphatic hydroxyl groups excluding tert-OH is 1. The Balaban J connectivity index is 1.83. The van der Waals surface area contributed by atoms with E-state index in [9.17, 15) is 9.90 Å². The minimum Gasteiger partial charge on any atom is -0.491 e. The molecule has 116 valence electrons. The van der Waals surface area contributed by atoms with E-state index in [0.717, 1.165) is 17.4 Å². The van der Waals surface area contributed by atoms with Gasteiger partial charge in [0.25, 0.3) is 0 Å². The van der Waals surface area contributed by atoms with Crippen LogP contribution in [0.4, 0.5) is 0 Å². The monoisotopic (exact) mass is 356 g/mol. The van der Waals surface area contributed by atoms with Crippen molar-refractivity contribution in [3.63, 3.8) is 0 Å². The molecule has 0 bridgehead atoms. The minimum atomic E-state index is -0.627. The summed E-state index contributed by atoms with van der Waals surface area (Å²) >= 11 is 3.38. The fraction of sp³-hybridized carbons (Fsp3) is 0.533. The zero-order valence-corrected chi connectivity index (χ0v) is 13.7. The van der Waals surface area contributed by atoms with Crippen LogP contribution in [-0.2, 0) is 4.79 Å². The third kappa shape index (κ3) is 4.98. The van der Waals surface area contributed by atoms with Crippen LogP contribution in [0.3, 0.4) is 0 Å². The number of ether oxygens (including phenoxy) is 1. The lowest BCUT2D eigenvalue weighted by molar-refractivity contribution is -0.125. The Hall–Kier alpha value is -1.11. The summed E-state index contributed by atoms with van der Waals surface area (Å²) in [6.07, 6.45) is 0.271. The zero-order valence-electron chi connectivity index (χ0n) is 12.1. The quantitative estimate of drug-likeness (QED) is 0.836. The molecule has 5 nitrogen and oxygen atoms in total. The predicted octanol–water partition coefficient (Wildman–Crippen LogP) is 1.40. The van der Waals surface area contributed by atoms with E-state index in [4.69, 9.17) is 4.74 Å². The largest absolute Gasteiger partial charge is 0.491 e. The number of carbonyl (C=O) groups excluding carboxylic acids is 1. The van der Waals surface area contributed by atoms with Crippen LogP contribution in [-0.4, -0.2) is 54.3 Å². The highest BCUT2D eigenvalue weighted by Gasteiger charge is 2.25. The Morgan fingerprint density at radius 2 is 2.38 bits per heavy atom. The van der Waals surface area contributed by atoms with E-state index in [-0.39, 0.29) is 18.6 Å². The summed E-state index contributed by atoms with van der Waals surface area (Å²) < 4.78 is 6.51. The number of nitrogens with one attached hydrogen (secondary N) is 1. The maximum absolute atomic E-state index is 11.8. The molecular formula is C15H21BrN2O3. The summed E-state index contributed by atoms with van der Waals surface area (Å²) in [5.41, 5.74) is 0. The van der Waals surface area contributed by atoms with Crippen LogP contribution in [0.2, 0.25) is 0 Å². The third-order valence-corrected chi connectivity index (χ3v) is 4.03.